The van der Waals surface area contributed by atoms with Gasteiger partial charge in [0.25, 0.3) is 5.91 Å². The van der Waals surface area contributed by atoms with Crippen LogP contribution in [0.1, 0.15) is 11.1 Å². The molecule has 0 aliphatic carbocycles. The SMILES string of the molecule is Cc1cc(C)cc(OCC(=O)OCC(=O)N2CCN(c3ncccn3)CC2)c1. The Balaban J connectivity index is 1.39. The Morgan fingerprint density at radius 2 is 1.61 bits per heavy atom. The third-order valence-electron chi connectivity index (χ3n) is 4.38. The van der Waals surface area contributed by atoms with Gasteiger partial charge in [0.05, 0.1) is 0 Å². The van der Waals surface area contributed by atoms with Gasteiger partial charge in [-0.05, 0) is 43.2 Å². The predicted molar refractivity (Wildman–Crippen MR) is 103 cm³/mol. The summed E-state index contributed by atoms with van der Waals surface area (Å²) in [5.41, 5.74) is 2.11. The van der Waals surface area contributed by atoms with E-state index in [-0.39, 0.29) is 19.1 Å². The van der Waals surface area contributed by atoms with E-state index in [0.29, 0.717) is 37.9 Å². The summed E-state index contributed by atoms with van der Waals surface area (Å²) >= 11 is 0. The van der Waals surface area contributed by atoms with Crippen LogP contribution in [0.5, 0.6) is 5.75 Å². The molecule has 0 unspecified atom stereocenters. The number of carbonyl (C=O) groups is 2. The van der Waals surface area contributed by atoms with Crippen molar-refractivity contribution in [2.24, 2.45) is 0 Å². The molecule has 1 fully saturated rings. The second kappa shape index (κ2) is 9.16. The van der Waals surface area contributed by atoms with Gasteiger partial charge in [-0.1, -0.05) is 6.07 Å². The monoisotopic (exact) mass is 384 g/mol. The van der Waals surface area contributed by atoms with E-state index in [9.17, 15) is 9.59 Å². The largest absolute Gasteiger partial charge is 0.482 e. The molecule has 0 bridgehead atoms. The molecule has 1 aromatic carbocycles. The molecule has 1 aromatic heterocycles. The fourth-order valence-corrected chi connectivity index (χ4v) is 3.04. The maximum atomic E-state index is 12.3. The number of rotatable bonds is 6. The first kappa shape index (κ1) is 19.6. The minimum Gasteiger partial charge on any atom is -0.482 e. The zero-order valence-corrected chi connectivity index (χ0v) is 16.1. The van der Waals surface area contributed by atoms with Gasteiger partial charge < -0.3 is 19.3 Å². The van der Waals surface area contributed by atoms with Gasteiger partial charge in [-0.15, -0.1) is 0 Å². The van der Waals surface area contributed by atoms with Gasteiger partial charge in [0.2, 0.25) is 5.95 Å². The van der Waals surface area contributed by atoms with Crippen molar-refractivity contribution in [1.82, 2.24) is 14.9 Å². The highest BCUT2D eigenvalue weighted by Crippen LogP contribution is 2.16. The third kappa shape index (κ3) is 5.42. The van der Waals surface area contributed by atoms with E-state index < -0.39 is 5.97 Å². The van der Waals surface area contributed by atoms with Gasteiger partial charge in [0.1, 0.15) is 5.75 Å². The molecule has 8 heteroatoms. The summed E-state index contributed by atoms with van der Waals surface area (Å²) in [5, 5.41) is 0. The van der Waals surface area contributed by atoms with Crippen LogP contribution < -0.4 is 9.64 Å². The van der Waals surface area contributed by atoms with Crippen molar-refractivity contribution in [3.63, 3.8) is 0 Å². The molecule has 0 atom stereocenters. The van der Waals surface area contributed by atoms with Gasteiger partial charge in [0.15, 0.2) is 13.2 Å². The Hall–Kier alpha value is -3.16. The lowest BCUT2D eigenvalue weighted by Gasteiger charge is -2.34. The maximum Gasteiger partial charge on any atom is 0.344 e. The number of hydrogen-bond donors (Lipinski definition) is 0. The average molecular weight is 384 g/mol. The standard InChI is InChI=1S/C20H24N4O4/c1-15-10-16(2)12-17(11-15)27-14-19(26)28-13-18(25)23-6-8-24(9-7-23)20-21-4-3-5-22-20/h3-5,10-12H,6-9,13-14H2,1-2H3. The van der Waals surface area contributed by atoms with Crippen molar-refractivity contribution in [1.29, 1.82) is 0 Å². The van der Waals surface area contributed by atoms with Crippen LogP contribution in [0.15, 0.2) is 36.7 Å². The number of anilines is 1. The van der Waals surface area contributed by atoms with Crippen LogP contribution in [0.25, 0.3) is 0 Å². The number of amides is 1. The Morgan fingerprint density at radius 3 is 2.25 bits per heavy atom. The smallest absolute Gasteiger partial charge is 0.344 e. The fraction of sp³-hybridized carbons (Fsp3) is 0.400. The quantitative estimate of drug-likeness (QED) is 0.695. The van der Waals surface area contributed by atoms with Crippen LogP contribution in [0, 0.1) is 13.8 Å². The average Bonchev–Trinajstić information content (AvgIpc) is 2.70. The molecule has 1 saturated heterocycles. The molecular formula is C20H24N4O4. The van der Waals surface area contributed by atoms with Crippen LogP contribution in [0.3, 0.4) is 0 Å². The summed E-state index contributed by atoms with van der Waals surface area (Å²) in [5.74, 6) is 0.488. The molecular weight excluding hydrogens is 360 g/mol. The molecule has 1 aliphatic heterocycles. The van der Waals surface area contributed by atoms with E-state index in [1.54, 1.807) is 23.4 Å². The number of aryl methyl sites for hydroxylation is 2. The summed E-state index contributed by atoms with van der Waals surface area (Å²) < 4.78 is 10.5. The Morgan fingerprint density at radius 1 is 0.964 bits per heavy atom. The first-order chi connectivity index (χ1) is 13.5. The van der Waals surface area contributed by atoms with Crippen molar-refractivity contribution in [2.75, 3.05) is 44.3 Å². The number of carbonyl (C=O) groups excluding carboxylic acids is 2. The van der Waals surface area contributed by atoms with Gasteiger partial charge >= 0.3 is 5.97 Å². The molecule has 1 amide bonds. The second-order valence-electron chi connectivity index (χ2n) is 6.69. The molecule has 28 heavy (non-hydrogen) atoms. The van der Waals surface area contributed by atoms with Crippen LogP contribution in [0.2, 0.25) is 0 Å². The van der Waals surface area contributed by atoms with Gasteiger partial charge in [-0.2, -0.15) is 0 Å². The molecule has 2 heterocycles. The van der Waals surface area contributed by atoms with Gasteiger partial charge in [-0.25, -0.2) is 14.8 Å². The summed E-state index contributed by atoms with van der Waals surface area (Å²) in [4.78, 5) is 36.3. The molecule has 8 nitrogen and oxygen atoms in total. The van der Waals surface area contributed by atoms with E-state index in [1.165, 1.54) is 0 Å². The molecule has 1 aliphatic rings. The minimum atomic E-state index is -0.566. The second-order valence-corrected chi connectivity index (χ2v) is 6.69. The maximum absolute atomic E-state index is 12.3. The molecule has 148 valence electrons. The van der Waals surface area contributed by atoms with E-state index in [1.807, 2.05) is 36.9 Å². The third-order valence-corrected chi connectivity index (χ3v) is 4.38. The van der Waals surface area contributed by atoms with Gasteiger partial charge in [0, 0.05) is 38.6 Å². The number of piperazine rings is 1. The molecule has 3 rings (SSSR count). The number of ether oxygens (including phenoxy) is 2. The first-order valence-corrected chi connectivity index (χ1v) is 9.18. The number of benzene rings is 1. The van der Waals surface area contributed by atoms with Crippen molar-refractivity contribution >= 4 is 17.8 Å². The highest BCUT2D eigenvalue weighted by Gasteiger charge is 2.23. The van der Waals surface area contributed by atoms with E-state index in [2.05, 4.69) is 9.97 Å². The molecule has 0 N–H and O–H groups in total. The zero-order chi connectivity index (χ0) is 19.9. The Labute approximate surface area is 164 Å². The fourth-order valence-electron chi connectivity index (χ4n) is 3.04. The lowest BCUT2D eigenvalue weighted by atomic mass is 10.1. The number of esters is 1. The predicted octanol–water partition coefficient (Wildman–Crippen LogP) is 1.36. The minimum absolute atomic E-state index is 0.214. The van der Waals surface area contributed by atoms with Crippen LogP contribution in [-0.2, 0) is 14.3 Å². The summed E-state index contributed by atoms with van der Waals surface area (Å²) in [7, 11) is 0. The van der Waals surface area contributed by atoms with Gasteiger partial charge in [-0.3, -0.25) is 4.79 Å². The van der Waals surface area contributed by atoms with E-state index in [0.717, 1.165) is 11.1 Å². The number of aromatic nitrogens is 2. The lowest BCUT2D eigenvalue weighted by molar-refractivity contribution is -0.153. The highest BCUT2D eigenvalue weighted by atomic mass is 16.6. The topological polar surface area (TPSA) is 84.9 Å². The summed E-state index contributed by atoms with van der Waals surface area (Å²) in [6, 6.07) is 7.48. The summed E-state index contributed by atoms with van der Waals surface area (Å²) in [6.07, 6.45) is 3.39. The lowest BCUT2D eigenvalue weighted by Crippen LogP contribution is -2.50. The van der Waals surface area contributed by atoms with Crippen LogP contribution in [-0.4, -0.2) is 66.1 Å². The molecule has 2 aromatic rings. The van der Waals surface area contributed by atoms with E-state index in [4.69, 9.17) is 9.47 Å². The zero-order valence-electron chi connectivity index (χ0n) is 16.1. The molecule has 0 spiro atoms. The number of hydrogen-bond acceptors (Lipinski definition) is 7. The van der Waals surface area contributed by atoms with Crippen molar-refractivity contribution in [3.05, 3.63) is 47.8 Å². The Kier molecular flexibility index (Phi) is 6.41. The van der Waals surface area contributed by atoms with Crippen molar-refractivity contribution < 1.29 is 19.1 Å². The van der Waals surface area contributed by atoms with Crippen molar-refractivity contribution in [2.45, 2.75) is 13.8 Å². The summed E-state index contributed by atoms with van der Waals surface area (Å²) in [6.45, 7) is 5.76. The number of nitrogens with zero attached hydrogens (tertiary/aromatic N) is 4. The van der Waals surface area contributed by atoms with Crippen LogP contribution in [0.4, 0.5) is 5.95 Å². The normalized spacial score (nSPS) is 13.9. The Bertz CT molecular complexity index is 800. The molecule has 0 saturated carbocycles. The van der Waals surface area contributed by atoms with Crippen LogP contribution >= 0.6 is 0 Å². The van der Waals surface area contributed by atoms with Crippen molar-refractivity contribution in [3.8, 4) is 5.75 Å². The molecule has 0 radical (unpaired) electrons. The van der Waals surface area contributed by atoms with E-state index >= 15 is 0 Å². The first-order valence-electron chi connectivity index (χ1n) is 9.18. The highest BCUT2D eigenvalue weighted by molar-refractivity contribution is 5.81.